The maximum Gasteiger partial charge on any atom is 0.319 e. The summed E-state index contributed by atoms with van der Waals surface area (Å²) < 4.78 is 26.2. The molecule has 2 aromatic carbocycles. The van der Waals surface area contributed by atoms with Crippen molar-refractivity contribution in [2.45, 2.75) is 13.0 Å². The molecule has 1 unspecified atom stereocenters. The molecule has 0 aromatic heterocycles. The molecule has 0 heterocycles. The first-order valence-electron chi connectivity index (χ1n) is 6.33. The van der Waals surface area contributed by atoms with Gasteiger partial charge in [0.05, 0.1) is 11.7 Å². The van der Waals surface area contributed by atoms with Crippen LogP contribution in [0.5, 0.6) is 0 Å². The van der Waals surface area contributed by atoms with E-state index in [0.717, 1.165) is 17.7 Å². The third-order valence-corrected chi connectivity index (χ3v) is 2.96. The SMILES string of the molecule is CC(NC(=O)Nc1ccc(F)cc1F)c1ccc(N)cc1. The molecule has 2 rings (SSSR count). The second kappa shape index (κ2) is 6.21. The number of anilines is 2. The van der Waals surface area contributed by atoms with Crippen LogP contribution in [0.15, 0.2) is 42.5 Å². The van der Waals surface area contributed by atoms with Gasteiger partial charge in [-0.2, -0.15) is 0 Å². The fourth-order valence-electron chi connectivity index (χ4n) is 1.81. The van der Waals surface area contributed by atoms with Gasteiger partial charge in [0.1, 0.15) is 11.6 Å². The zero-order valence-corrected chi connectivity index (χ0v) is 11.4. The second-order valence-corrected chi connectivity index (χ2v) is 4.61. The van der Waals surface area contributed by atoms with E-state index in [1.54, 1.807) is 31.2 Å². The summed E-state index contributed by atoms with van der Waals surface area (Å²) in [6.45, 7) is 1.78. The van der Waals surface area contributed by atoms with Crippen LogP contribution < -0.4 is 16.4 Å². The number of benzene rings is 2. The minimum atomic E-state index is -0.828. The number of urea groups is 1. The summed E-state index contributed by atoms with van der Waals surface area (Å²) >= 11 is 0. The molecule has 6 heteroatoms. The van der Waals surface area contributed by atoms with E-state index in [9.17, 15) is 13.6 Å². The molecule has 0 saturated heterocycles. The third kappa shape index (κ3) is 3.92. The minimum absolute atomic E-state index is 0.0848. The molecule has 2 amide bonds. The molecule has 4 nitrogen and oxygen atoms in total. The monoisotopic (exact) mass is 291 g/mol. The van der Waals surface area contributed by atoms with Crippen molar-refractivity contribution < 1.29 is 13.6 Å². The Balaban J connectivity index is 1.99. The molecule has 0 aliphatic heterocycles. The van der Waals surface area contributed by atoms with Crippen molar-refractivity contribution in [2.24, 2.45) is 0 Å². The molecule has 0 radical (unpaired) electrons. The van der Waals surface area contributed by atoms with Crippen molar-refractivity contribution in [1.29, 1.82) is 0 Å². The Kier molecular flexibility index (Phi) is 4.37. The highest BCUT2D eigenvalue weighted by Crippen LogP contribution is 2.17. The van der Waals surface area contributed by atoms with Crippen LogP contribution in [-0.2, 0) is 0 Å². The number of halogens is 2. The van der Waals surface area contributed by atoms with E-state index in [2.05, 4.69) is 10.6 Å². The Morgan fingerprint density at radius 3 is 2.43 bits per heavy atom. The third-order valence-electron chi connectivity index (χ3n) is 2.96. The van der Waals surface area contributed by atoms with Gasteiger partial charge in [-0.15, -0.1) is 0 Å². The number of carbonyl (C=O) groups is 1. The number of nitrogens with one attached hydrogen (secondary N) is 2. The van der Waals surface area contributed by atoms with Crippen LogP contribution in [-0.4, -0.2) is 6.03 Å². The molecule has 4 N–H and O–H groups in total. The van der Waals surface area contributed by atoms with E-state index in [1.807, 2.05) is 0 Å². The highest BCUT2D eigenvalue weighted by Gasteiger charge is 2.11. The zero-order valence-electron chi connectivity index (χ0n) is 11.4. The van der Waals surface area contributed by atoms with E-state index >= 15 is 0 Å². The molecule has 0 bridgehead atoms. The fraction of sp³-hybridized carbons (Fsp3) is 0.133. The number of hydrogen-bond acceptors (Lipinski definition) is 2. The van der Waals surface area contributed by atoms with E-state index < -0.39 is 17.7 Å². The summed E-state index contributed by atoms with van der Waals surface area (Å²) in [5.74, 6) is -1.53. The molecule has 21 heavy (non-hydrogen) atoms. The minimum Gasteiger partial charge on any atom is -0.399 e. The van der Waals surface area contributed by atoms with Crippen molar-refractivity contribution >= 4 is 17.4 Å². The van der Waals surface area contributed by atoms with Gasteiger partial charge >= 0.3 is 6.03 Å². The van der Waals surface area contributed by atoms with Crippen molar-refractivity contribution in [3.63, 3.8) is 0 Å². The standard InChI is InChI=1S/C15H15F2N3O/c1-9(10-2-5-12(18)6-3-10)19-15(21)20-14-7-4-11(16)8-13(14)17/h2-9H,18H2,1H3,(H2,19,20,21). The molecule has 0 fully saturated rings. The number of hydrogen-bond donors (Lipinski definition) is 3. The lowest BCUT2D eigenvalue weighted by Crippen LogP contribution is -2.31. The number of rotatable bonds is 3. The van der Waals surface area contributed by atoms with Crippen molar-refractivity contribution in [2.75, 3.05) is 11.1 Å². The van der Waals surface area contributed by atoms with Gasteiger partial charge in [-0.25, -0.2) is 13.6 Å². The molecule has 1 atom stereocenters. The lowest BCUT2D eigenvalue weighted by atomic mass is 10.1. The molecule has 0 aliphatic rings. The number of nitrogen functional groups attached to an aromatic ring is 1. The summed E-state index contributed by atoms with van der Waals surface area (Å²) in [5, 5.41) is 4.99. The lowest BCUT2D eigenvalue weighted by Gasteiger charge is -2.15. The van der Waals surface area contributed by atoms with Crippen molar-refractivity contribution in [3.05, 3.63) is 59.7 Å². The average molecular weight is 291 g/mol. The van der Waals surface area contributed by atoms with Crippen LogP contribution in [0.3, 0.4) is 0 Å². The van der Waals surface area contributed by atoms with Gasteiger partial charge < -0.3 is 16.4 Å². The Morgan fingerprint density at radius 2 is 1.81 bits per heavy atom. The second-order valence-electron chi connectivity index (χ2n) is 4.61. The van der Waals surface area contributed by atoms with E-state index in [4.69, 9.17) is 5.73 Å². The molecule has 2 aromatic rings. The first kappa shape index (κ1) is 14.8. The number of nitrogens with two attached hydrogens (primary N) is 1. The highest BCUT2D eigenvalue weighted by molar-refractivity contribution is 5.89. The molecular formula is C15H15F2N3O. The molecule has 0 saturated carbocycles. The largest absolute Gasteiger partial charge is 0.399 e. The van der Waals surface area contributed by atoms with Gasteiger partial charge in [0.15, 0.2) is 0 Å². The Hall–Kier alpha value is -2.63. The first-order chi connectivity index (χ1) is 9.95. The average Bonchev–Trinajstić information content (AvgIpc) is 2.42. The predicted molar refractivity (Wildman–Crippen MR) is 77.8 cm³/mol. The summed E-state index contributed by atoms with van der Waals surface area (Å²) in [6, 6.07) is 9.12. The quantitative estimate of drug-likeness (QED) is 0.758. The van der Waals surface area contributed by atoms with Crippen LogP contribution in [0.1, 0.15) is 18.5 Å². The van der Waals surface area contributed by atoms with E-state index in [-0.39, 0.29) is 11.7 Å². The van der Waals surface area contributed by atoms with Gasteiger partial charge in [0.25, 0.3) is 0 Å². The van der Waals surface area contributed by atoms with Crippen molar-refractivity contribution in [3.8, 4) is 0 Å². The summed E-state index contributed by atoms with van der Waals surface area (Å²) in [4.78, 5) is 11.8. The Morgan fingerprint density at radius 1 is 1.14 bits per heavy atom. The normalized spacial score (nSPS) is 11.8. The molecule has 0 spiro atoms. The van der Waals surface area contributed by atoms with E-state index in [0.29, 0.717) is 11.8 Å². The van der Waals surface area contributed by atoms with Gasteiger partial charge in [-0.1, -0.05) is 12.1 Å². The predicted octanol–water partition coefficient (Wildman–Crippen LogP) is 3.43. The van der Waals surface area contributed by atoms with Crippen LogP contribution in [0, 0.1) is 11.6 Å². The Bertz CT molecular complexity index is 644. The first-order valence-corrected chi connectivity index (χ1v) is 6.33. The topological polar surface area (TPSA) is 67.2 Å². The van der Waals surface area contributed by atoms with Gasteiger partial charge in [-0.05, 0) is 36.8 Å². The number of amides is 2. The van der Waals surface area contributed by atoms with E-state index in [1.165, 1.54) is 0 Å². The molecule has 110 valence electrons. The van der Waals surface area contributed by atoms with Crippen LogP contribution in [0.25, 0.3) is 0 Å². The molecule has 0 aliphatic carbocycles. The maximum atomic E-state index is 13.4. The van der Waals surface area contributed by atoms with Gasteiger partial charge in [0, 0.05) is 11.8 Å². The summed E-state index contributed by atoms with van der Waals surface area (Å²) in [6.07, 6.45) is 0. The Labute approximate surface area is 121 Å². The van der Waals surface area contributed by atoms with Crippen LogP contribution >= 0.6 is 0 Å². The maximum absolute atomic E-state index is 13.4. The lowest BCUT2D eigenvalue weighted by molar-refractivity contribution is 0.249. The van der Waals surface area contributed by atoms with Gasteiger partial charge in [-0.3, -0.25) is 0 Å². The van der Waals surface area contributed by atoms with Crippen LogP contribution in [0.2, 0.25) is 0 Å². The van der Waals surface area contributed by atoms with Crippen molar-refractivity contribution in [1.82, 2.24) is 5.32 Å². The smallest absolute Gasteiger partial charge is 0.319 e. The van der Waals surface area contributed by atoms with Crippen LogP contribution in [0.4, 0.5) is 25.0 Å². The molecular weight excluding hydrogens is 276 g/mol. The van der Waals surface area contributed by atoms with Gasteiger partial charge in [0.2, 0.25) is 0 Å². The fourth-order valence-corrected chi connectivity index (χ4v) is 1.81. The summed E-state index contributed by atoms with van der Waals surface area (Å²) in [5.41, 5.74) is 6.99. The summed E-state index contributed by atoms with van der Waals surface area (Å²) in [7, 11) is 0. The number of carbonyl (C=O) groups excluding carboxylic acids is 1. The zero-order chi connectivity index (χ0) is 15.4. The highest BCUT2D eigenvalue weighted by atomic mass is 19.1.